The number of likely N-dealkylation sites (N-methyl/N-ethyl adjacent to an activating group) is 1. The highest BCUT2D eigenvalue weighted by Crippen LogP contribution is 2.37. The largest absolute Gasteiger partial charge is 0.485 e. The predicted octanol–water partition coefficient (Wildman–Crippen LogP) is 3.74. The third kappa shape index (κ3) is 6.50. The van der Waals surface area contributed by atoms with Gasteiger partial charge in [-0.05, 0) is 55.5 Å². The SMILES string of the molecule is C[C@H](CO)N1C[C@H](C)[C@H](CN(C)C(=O)Nc2ccc3c(c2)OCO3)Oc2c(NS(=O)(=O)c3ccc(F)cc3)cccc2C1=O. The molecule has 0 aliphatic carbocycles. The molecule has 0 radical (unpaired) electrons. The minimum Gasteiger partial charge on any atom is -0.485 e. The van der Waals surface area contributed by atoms with E-state index in [1.165, 1.54) is 28.0 Å². The Morgan fingerprint density at radius 1 is 1.14 bits per heavy atom. The van der Waals surface area contributed by atoms with Crippen LogP contribution in [0.2, 0.25) is 0 Å². The Bertz CT molecular complexity index is 1650. The van der Waals surface area contributed by atoms with Crippen molar-refractivity contribution in [1.29, 1.82) is 0 Å². The fraction of sp³-hybridized carbons (Fsp3) is 0.333. The lowest BCUT2D eigenvalue weighted by Gasteiger charge is -2.38. The Kier molecular flexibility index (Phi) is 8.83. The van der Waals surface area contributed by atoms with Crippen molar-refractivity contribution in [2.45, 2.75) is 30.9 Å². The number of nitrogens with one attached hydrogen (secondary N) is 2. The fourth-order valence-corrected chi connectivity index (χ4v) is 5.97. The van der Waals surface area contributed by atoms with Crippen LogP contribution in [0.5, 0.6) is 17.2 Å². The summed E-state index contributed by atoms with van der Waals surface area (Å²) in [5, 5.41) is 12.7. The third-order valence-electron chi connectivity index (χ3n) is 7.48. The van der Waals surface area contributed by atoms with Gasteiger partial charge in [0.05, 0.1) is 35.3 Å². The smallest absolute Gasteiger partial charge is 0.321 e. The van der Waals surface area contributed by atoms with Gasteiger partial charge in [0.1, 0.15) is 11.9 Å². The lowest BCUT2D eigenvalue weighted by atomic mass is 9.99. The van der Waals surface area contributed by atoms with Gasteiger partial charge in [-0.1, -0.05) is 13.0 Å². The van der Waals surface area contributed by atoms with Crippen LogP contribution in [0, 0.1) is 11.7 Å². The first-order chi connectivity index (χ1) is 21.0. The highest BCUT2D eigenvalue weighted by Gasteiger charge is 2.35. The number of sulfonamides is 1. The zero-order valence-corrected chi connectivity index (χ0v) is 25.1. The van der Waals surface area contributed by atoms with Gasteiger partial charge in [-0.3, -0.25) is 9.52 Å². The third-order valence-corrected chi connectivity index (χ3v) is 8.87. The first kappa shape index (κ1) is 30.9. The number of fused-ring (bicyclic) bond motifs is 2. The summed E-state index contributed by atoms with van der Waals surface area (Å²) in [6.07, 6.45) is -0.709. The summed E-state index contributed by atoms with van der Waals surface area (Å²) in [5.74, 6) is -0.345. The van der Waals surface area contributed by atoms with Crippen LogP contribution in [0.15, 0.2) is 65.6 Å². The highest BCUT2D eigenvalue weighted by molar-refractivity contribution is 7.92. The summed E-state index contributed by atoms with van der Waals surface area (Å²) in [7, 11) is -2.61. The molecular weight excluding hydrogens is 595 g/mol. The number of hydrogen-bond donors (Lipinski definition) is 3. The summed E-state index contributed by atoms with van der Waals surface area (Å²) in [4.78, 5) is 29.6. The zero-order valence-electron chi connectivity index (χ0n) is 24.3. The highest BCUT2D eigenvalue weighted by atomic mass is 32.2. The molecule has 0 saturated heterocycles. The minimum absolute atomic E-state index is 0.0108. The van der Waals surface area contributed by atoms with E-state index in [0.29, 0.717) is 17.2 Å². The van der Waals surface area contributed by atoms with E-state index in [2.05, 4.69) is 10.0 Å². The number of amides is 3. The standard InChI is InChI=1S/C30H33FN4O8S/c1-18-14-35(19(2)16-36)29(37)23-5-4-6-24(33-44(39,40)22-10-7-20(31)8-11-22)28(23)43-27(18)15-34(3)30(38)32-21-9-12-25-26(13-21)42-17-41-25/h4-13,18-19,27,33,36H,14-17H2,1-3H3,(H,32,38)/t18-,19+,27-/m0/s1. The molecule has 0 bridgehead atoms. The van der Waals surface area contributed by atoms with Crippen LogP contribution in [0.1, 0.15) is 24.2 Å². The van der Waals surface area contributed by atoms with Crippen molar-refractivity contribution in [3.63, 3.8) is 0 Å². The molecule has 0 unspecified atom stereocenters. The van der Waals surface area contributed by atoms with Gasteiger partial charge in [0.2, 0.25) is 6.79 Å². The molecule has 3 aromatic carbocycles. The number of halogens is 1. The molecule has 0 saturated carbocycles. The van der Waals surface area contributed by atoms with Gasteiger partial charge >= 0.3 is 6.03 Å². The number of hydrogen-bond acceptors (Lipinski definition) is 8. The quantitative estimate of drug-likeness (QED) is 0.342. The Morgan fingerprint density at radius 3 is 2.59 bits per heavy atom. The van der Waals surface area contributed by atoms with E-state index < -0.39 is 39.9 Å². The Labute approximate surface area is 254 Å². The molecule has 44 heavy (non-hydrogen) atoms. The molecule has 234 valence electrons. The van der Waals surface area contributed by atoms with Crippen molar-refractivity contribution in [2.75, 3.05) is 43.6 Å². The maximum atomic E-state index is 13.7. The van der Waals surface area contributed by atoms with Gasteiger partial charge in [0, 0.05) is 31.3 Å². The number of rotatable bonds is 8. The second-order valence-corrected chi connectivity index (χ2v) is 12.4. The van der Waals surface area contributed by atoms with Crippen LogP contribution < -0.4 is 24.2 Å². The molecule has 3 aromatic rings. The number of carbonyl (C=O) groups is 2. The lowest BCUT2D eigenvalue weighted by Crippen LogP contribution is -2.50. The normalized spacial score (nSPS) is 18.4. The van der Waals surface area contributed by atoms with E-state index in [-0.39, 0.29) is 54.3 Å². The maximum absolute atomic E-state index is 13.7. The second kappa shape index (κ2) is 12.6. The van der Waals surface area contributed by atoms with Gasteiger partial charge in [0.25, 0.3) is 15.9 Å². The molecule has 0 spiro atoms. The molecule has 5 rings (SSSR count). The number of para-hydroxylation sites is 1. The number of aliphatic hydroxyl groups is 1. The molecular formula is C30H33FN4O8S. The topological polar surface area (TPSA) is 147 Å². The van der Waals surface area contributed by atoms with Crippen LogP contribution in [-0.2, 0) is 10.0 Å². The van der Waals surface area contributed by atoms with Crippen LogP contribution in [0.25, 0.3) is 0 Å². The molecule has 2 aliphatic rings. The van der Waals surface area contributed by atoms with E-state index in [9.17, 15) is 27.5 Å². The number of ether oxygens (including phenoxy) is 3. The Hall–Kier alpha value is -4.56. The molecule has 0 aromatic heterocycles. The van der Waals surface area contributed by atoms with Gasteiger partial charge in [-0.25, -0.2) is 17.6 Å². The van der Waals surface area contributed by atoms with Crippen LogP contribution in [0.3, 0.4) is 0 Å². The minimum atomic E-state index is -4.20. The van der Waals surface area contributed by atoms with Crippen molar-refractivity contribution in [3.8, 4) is 17.2 Å². The summed E-state index contributed by atoms with van der Waals surface area (Å²) in [6, 6.07) is 12.8. The summed E-state index contributed by atoms with van der Waals surface area (Å²) >= 11 is 0. The first-order valence-electron chi connectivity index (χ1n) is 13.9. The van der Waals surface area contributed by atoms with Crippen LogP contribution >= 0.6 is 0 Å². The Balaban J connectivity index is 1.44. The lowest BCUT2D eigenvalue weighted by molar-refractivity contribution is 0.0373. The van der Waals surface area contributed by atoms with E-state index in [1.54, 1.807) is 32.2 Å². The molecule has 3 N–H and O–H groups in total. The molecule has 14 heteroatoms. The van der Waals surface area contributed by atoms with E-state index in [4.69, 9.17) is 14.2 Å². The van der Waals surface area contributed by atoms with Crippen LogP contribution in [-0.4, -0.2) is 80.9 Å². The summed E-state index contributed by atoms with van der Waals surface area (Å²) in [6.45, 7) is 3.61. The van der Waals surface area contributed by atoms with Crippen molar-refractivity contribution in [1.82, 2.24) is 9.80 Å². The van der Waals surface area contributed by atoms with Crippen molar-refractivity contribution in [2.24, 2.45) is 5.92 Å². The Morgan fingerprint density at radius 2 is 1.86 bits per heavy atom. The first-order valence-corrected chi connectivity index (χ1v) is 15.4. The van der Waals surface area contributed by atoms with Crippen molar-refractivity contribution < 1.29 is 41.7 Å². The van der Waals surface area contributed by atoms with Gasteiger partial charge in [-0.15, -0.1) is 0 Å². The number of benzene rings is 3. The molecule has 3 atom stereocenters. The molecule has 12 nitrogen and oxygen atoms in total. The number of nitrogens with zero attached hydrogens (tertiary/aromatic N) is 2. The zero-order chi connectivity index (χ0) is 31.6. The average molecular weight is 629 g/mol. The summed E-state index contributed by atoms with van der Waals surface area (Å²) in [5.41, 5.74) is 0.561. The van der Waals surface area contributed by atoms with Crippen molar-refractivity contribution in [3.05, 3.63) is 72.0 Å². The second-order valence-electron chi connectivity index (χ2n) is 10.7. The molecule has 2 aliphatic heterocycles. The molecule has 2 heterocycles. The van der Waals surface area contributed by atoms with Crippen molar-refractivity contribution >= 4 is 33.3 Å². The number of anilines is 2. The number of carbonyl (C=O) groups excluding carboxylic acids is 2. The van der Waals surface area contributed by atoms with Crippen LogP contribution in [0.4, 0.5) is 20.6 Å². The number of aliphatic hydroxyl groups excluding tert-OH is 1. The molecule has 0 fully saturated rings. The van der Waals surface area contributed by atoms with Gasteiger partial charge < -0.3 is 34.4 Å². The summed E-state index contributed by atoms with van der Waals surface area (Å²) < 4.78 is 59.4. The van der Waals surface area contributed by atoms with Gasteiger partial charge in [-0.2, -0.15) is 0 Å². The fourth-order valence-electron chi connectivity index (χ4n) is 4.91. The van der Waals surface area contributed by atoms with E-state index >= 15 is 0 Å². The average Bonchev–Trinajstić information content (AvgIpc) is 3.47. The monoisotopic (exact) mass is 628 g/mol. The predicted molar refractivity (Wildman–Crippen MR) is 159 cm³/mol. The maximum Gasteiger partial charge on any atom is 0.321 e. The van der Waals surface area contributed by atoms with Gasteiger partial charge in [0.15, 0.2) is 17.2 Å². The van der Waals surface area contributed by atoms with E-state index in [0.717, 1.165) is 24.3 Å². The molecule has 3 amide bonds. The number of urea groups is 1. The van der Waals surface area contributed by atoms with E-state index in [1.807, 2.05) is 6.92 Å².